The van der Waals surface area contributed by atoms with Crippen molar-refractivity contribution in [3.05, 3.63) is 11.5 Å². The highest BCUT2D eigenvalue weighted by atomic mass is 35.5. The number of halogens is 1. The second kappa shape index (κ2) is 5.51. The molecule has 9 nitrogen and oxygen atoms in total. The highest BCUT2D eigenvalue weighted by molar-refractivity contribution is 7.69. The van der Waals surface area contributed by atoms with Crippen LogP contribution in [-0.2, 0) is 17.9 Å². The van der Waals surface area contributed by atoms with E-state index >= 15 is 0 Å². The predicted molar refractivity (Wildman–Crippen MR) is 90.2 cm³/mol. The lowest BCUT2D eigenvalue weighted by Gasteiger charge is -2.60. The van der Waals surface area contributed by atoms with Crippen molar-refractivity contribution in [2.75, 3.05) is 25.0 Å². The highest BCUT2D eigenvalue weighted by Crippen LogP contribution is 2.51. The Labute approximate surface area is 145 Å². The summed E-state index contributed by atoms with van der Waals surface area (Å²) in [4.78, 5) is 10.7. The summed E-state index contributed by atoms with van der Waals surface area (Å²) in [6, 6.07) is 0.0330. The van der Waals surface area contributed by atoms with Crippen LogP contribution in [0.4, 0.5) is 5.82 Å². The maximum absolute atomic E-state index is 11.2. The number of fused-ring (bicyclic) bond motifs is 1. The van der Waals surface area contributed by atoms with E-state index in [4.69, 9.17) is 11.6 Å². The first-order valence-corrected chi connectivity index (χ1v) is 9.14. The summed E-state index contributed by atoms with van der Waals surface area (Å²) >= 11 is 6.04. The lowest BCUT2D eigenvalue weighted by molar-refractivity contribution is 0.00234. The normalized spacial score (nSPS) is 20.1. The molecule has 0 aromatic carbocycles. The Kier molecular flexibility index (Phi) is 3.68. The van der Waals surface area contributed by atoms with Crippen LogP contribution < -0.4 is 10.3 Å². The third-order valence-electron chi connectivity index (χ3n) is 4.98. The summed E-state index contributed by atoms with van der Waals surface area (Å²) in [6.07, 6.45) is 3.45. The summed E-state index contributed by atoms with van der Waals surface area (Å²) in [5.74, 6) is 0.799. The molecule has 1 saturated carbocycles. The van der Waals surface area contributed by atoms with E-state index in [1.807, 2.05) is 7.05 Å². The molecule has 24 heavy (non-hydrogen) atoms. The molecular formula is C13H18ClN7O2S. The molecule has 11 heteroatoms. The zero-order chi connectivity index (χ0) is 17.1. The molecule has 0 unspecified atom stereocenters. The molecule has 1 aliphatic carbocycles. The Balaban J connectivity index is 1.50. The molecule has 0 amide bonds. The van der Waals surface area contributed by atoms with Crippen LogP contribution in [-0.4, -0.2) is 58.8 Å². The Morgan fingerprint density at radius 2 is 2.08 bits per heavy atom. The summed E-state index contributed by atoms with van der Waals surface area (Å²) in [5.41, 5.74) is 3.62. The van der Waals surface area contributed by atoms with Gasteiger partial charge in [0.1, 0.15) is 5.82 Å². The van der Waals surface area contributed by atoms with E-state index in [9.17, 15) is 8.42 Å². The largest absolute Gasteiger partial charge is 0.355 e. The van der Waals surface area contributed by atoms with Crippen LogP contribution in [0.3, 0.4) is 0 Å². The van der Waals surface area contributed by atoms with Crippen molar-refractivity contribution < 1.29 is 8.42 Å². The van der Waals surface area contributed by atoms with Crippen LogP contribution in [0.25, 0.3) is 11.0 Å². The number of hydrogen-bond donors (Lipinski definition) is 2. The van der Waals surface area contributed by atoms with Gasteiger partial charge in [-0.1, -0.05) is 0 Å². The van der Waals surface area contributed by atoms with Gasteiger partial charge in [0.2, 0.25) is 16.2 Å². The molecule has 1 aliphatic heterocycles. The van der Waals surface area contributed by atoms with Gasteiger partial charge in [-0.2, -0.15) is 15.1 Å². The lowest BCUT2D eigenvalue weighted by Crippen LogP contribution is -2.67. The van der Waals surface area contributed by atoms with Crippen molar-refractivity contribution >= 4 is 39.3 Å². The lowest BCUT2D eigenvalue weighted by atomic mass is 9.61. The molecule has 0 atom stereocenters. The number of thiol groups is 1. The molecule has 4 rings (SSSR count). The molecule has 2 aromatic heterocycles. The summed E-state index contributed by atoms with van der Waals surface area (Å²) in [7, 11) is 0.849. The van der Waals surface area contributed by atoms with E-state index in [-0.39, 0.29) is 16.7 Å². The topological polar surface area (TPSA) is 96.2 Å². The third-order valence-corrected chi connectivity index (χ3v) is 6.03. The van der Waals surface area contributed by atoms with Gasteiger partial charge in [-0.05, 0) is 31.5 Å². The van der Waals surface area contributed by atoms with E-state index < -0.39 is 10.9 Å². The van der Waals surface area contributed by atoms with Crippen molar-refractivity contribution in [1.82, 2.24) is 29.6 Å². The molecule has 1 saturated heterocycles. The van der Waals surface area contributed by atoms with Crippen molar-refractivity contribution in [3.63, 3.8) is 0 Å². The number of aryl methyl sites for hydroxylation is 1. The Morgan fingerprint density at radius 3 is 2.71 bits per heavy atom. The molecule has 2 aliphatic rings. The number of hydrazine groups is 1. The Hall–Kier alpha value is -1.49. The Bertz CT molecular complexity index is 861. The van der Waals surface area contributed by atoms with Crippen molar-refractivity contribution in [3.8, 4) is 0 Å². The van der Waals surface area contributed by atoms with Crippen molar-refractivity contribution in [1.29, 1.82) is 0 Å². The fourth-order valence-electron chi connectivity index (χ4n) is 3.90. The maximum Gasteiger partial charge on any atom is 0.226 e. The van der Waals surface area contributed by atoms with E-state index in [2.05, 4.69) is 25.4 Å². The standard InChI is InChI=1S/C13H18ClN7O2S/c1-15-21(24(22)23)8-3-13(4-8)6-20(7-13)11-9-5-16-19(2)10(9)17-12(14)18-11/h5,8,15,24H,3-4,6-7H2,1-2H3. The number of hydrogen-bond acceptors (Lipinski definition) is 7. The molecule has 2 aromatic rings. The minimum atomic E-state index is -2.60. The number of aromatic nitrogens is 4. The summed E-state index contributed by atoms with van der Waals surface area (Å²) in [5, 5.41) is 5.31. The fourth-order valence-corrected chi connectivity index (χ4v) is 4.66. The minimum Gasteiger partial charge on any atom is -0.355 e. The predicted octanol–water partition coefficient (Wildman–Crippen LogP) is -0.0517. The van der Waals surface area contributed by atoms with Crippen LogP contribution >= 0.6 is 11.6 Å². The van der Waals surface area contributed by atoms with Gasteiger partial charge in [-0.15, -0.1) is 4.41 Å². The second-order valence-electron chi connectivity index (χ2n) is 6.55. The molecule has 0 bridgehead atoms. The summed E-state index contributed by atoms with van der Waals surface area (Å²) in [6.45, 7) is 1.68. The maximum atomic E-state index is 11.2. The van der Waals surface area contributed by atoms with Crippen LogP contribution in [0.15, 0.2) is 6.20 Å². The summed E-state index contributed by atoms with van der Waals surface area (Å²) < 4.78 is 25.4. The van der Waals surface area contributed by atoms with Gasteiger partial charge in [0.25, 0.3) is 0 Å². The number of nitrogens with one attached hydrogen (secondary N) is 1. The highest BCUT2D eigenvalue weighted by Gasteiger charge is 2.55. The Morgan fingerprint density at radius 1 is 1.38 bits per heavy atom. The molecule has 2 fully saturated rings. The van der Waals surface area contributed by atoms with Gasteiger partial charge in [0.15, 0.2) is 5.65 Å². The molecule has 3 heterocycles. The number of rotatable bonds is 4. The zero-order valence-electron chi connectivity index (χ0n) is 13.3. The monoisotopic (exact) mass is 371 g/mol. The first kappa shape index (κ1) is 16.0. The van der Waals surface area contributed by atoms with Gasteiger partial charge < -0.3 is 4.90 Å². The van der Waals surface area contributed by atoms with Crippen LogP contribution in [0.5, 0.6) is 0 Å². The first-order valence-electron chi connectivity index (χ1n) is 7.63. The molecular weight excluding hydrogens is 354 g/mol. The van der Waals surface area contributed by atoms with Gasteiger partial charge in [0, 0.05) is 31.6 Å². The van der Waals surface area contributed by atoms with Crippen LogP contribution in [0.1, 0.15) is 12.8 Å². The number of nitrogens with zero attached hydrogens (tertiary/aromatic N) is 6. The minimum absolute atomic E-state index is 0.0330. The van der Waals surface area contributed by atoms with E-state index in [1.54, 1.807) is 17.9 Å². The number of anilines is 1. The smallest absolute Gasteiger partial charge is 0.226 e. The average Bonchev–Trinajstić information content (AvgIpc) is 2.80. The van der Waals surface area contributed by atoms with Gasteiger partial charge >= 0.3 is 0 Å². The van der Waals surface area contributed by atoms with Crippen LogP contribution in [0.2, 0.25) is 5.28 Å². The third kappa shape index (κ3) is 2.36. The zero-order valence-corrected chi connectivity index (χ0v) is 15.0. The quantitative estimate of drug-likeness (QED) is 0.442. The fraction of sp³-hybridized carbons (Fsp3) is 0.615. The van der Waals surface area contributed by atoms with E-state index in [0.717, 1.165) is 37.1 Å². The van der Waals surface area contributed by atoms with Gasteiger partial charge in [-0.25, -0.2) is 13.8 Å². The van der Waals surface area contributed by atoms with Gasteiger partial charge in [0.05, 0.1) is 11.6 Å². The van der Waals surface area contributed by atoms with Crippen molar-refractivity contribution in [2.45, 2.75) is 18.9 Å². The van der Waals surface area contributed by atoms with E-state index in [1.165, 1.54) is 4.41 Å². The van der Waals surface area contributed by atoms with Crippen molar-refractivity contribution in [2.24, 2.45) is 12.5 Å². The first-order chi connectivity index (χ1) is 11.4. The molecule has 1 N–H and O–H groups in total. The second-order valence-corrected chi connectivity index (χ2v) is 7.79. The molecule has 1 spiro atoms. The van der Waals surface area contributed by atoms with E-state index in [0.29, 0.717) is 5.65 Å². The van der Waals surface area contributed by atoms with Gasteiger partial charge in [-0.3, -0.25) is 4.68 Å². The molecule has 0 radical (unpaired) electrons. The molecule has 130 valence electrons. The average molecular weight is 372 g/mol. The SMILES string of the molecule is CNN(C1CC2(C1)CN(c1nc(Cl)nc3c1cnn3C)C2)[SH](=O)=O. The van der Waals surface area contributed by atoms with Crippen LogP contribution in [0, 0.1) is 5.41 Å².